The molecule has 0 atom stereocenters. The minimum absolute atomic E-state index is 0.163. The normalized spacial score (nSPS) is 13.5. The number of benzene rings is 9. The van der Waals surface area contributed by atoms with Gasteiger partial charge in [-0.1, -0.05) is 135 Å². The molecule has 9 aromatic carbocycles. The van der Waals surface area contributed by atoms with Crippen molar-refractivity contribution in [3.63, 3.8) is 0 Å². The average Bonchev–Trinajstić information content (AvgIpc) is 3.81. The molecule has 0 spiro atoms. The van der Waals surface area contributed by atoms with Crippen LogP contribution in [0.15, 0.2) is 217 Å². The Morgan fingerprint density at radius 2 is 0.885 bits per heavy atom. The number of furan rings is 1. The summed E-state index contributed by atoms with van der Waals surface area (Å²) >= 11 is 0. The zero-order chi connectivity index (χ0) is 40.7. The van der Waals surface area contributed by atoms with E-state index < -0.39 is 0 Å². The lowest BCUT2D eigenvalue weighted by atomic mass is 9.82. The second kappa shape index (κ2) is 13.6. The molecule has 0 saturated carbocycles. The van der Waals surface area contributed by atoms with Gasteiger partial charge in [-0.15, -0.1) is 0 Å². The highest BCUT2D eigenvalue weighted by Gasteiger charge is 2.36. The highest BCUT2D eigenvalue weighted by Crippen LogP contribution is 2.54. The first-order chi connectivity index (χ1) is 30.0. The molecule has 0 unspecified atom stereocenters. The number of fused-ring (bicyclic) bond motifs is 5. The summed E-state index contributed by atoms with van der Waals surface area (Å²) in [4.78, 5) is 7.23. The first-order valence-electron chi connectivity index (χ1n) is 21.0. The summed E-state index contributed by atoms with van der Waals surface area (Å²) in [6.45, 7) is 4.71. The minimum atomic E-state index is -0.163. The zero-order valence-electron chi connectivity index (χ0n) is 34.0. The molecule has 2 aliphatic rings. The first-order valence-corrected chi connectivity index (χ1v) is 21.0. The van der Waals surface area contributed by atoms with Crippen molar-refractivity contribution >= 4 is 73.1 Å². The molecular formula is C57H41N3O. The van der Waals surface area contributed by atoms with Gasteiger partial charge >= 0.3 is 0 Å². The van der Waals surface area contributed by atoms with Gasteiger partial charge in [0.1, 0.15) is 11.2 Å². The van der Waals surface area contributed by atoms with Gasteiger partial charge in [-0.3, -0.25) is 0 Å². The molecule has 4 nitrogen and oxygen atoms in total. The molecule has 1 aliphatic carbocycles. The number of anilines is 9. The van der Waals surface area contributed by atoms with E-state index in [1.807, 2.05) is 0 Å². The zero-order valence-corrected chi connectivity index (χ0v) is 34.0. The molecule has 1 aromatic heterocycles. The van der Waals surface area contributed by atoms with E-state index in [2.05, 4.69) is 241 Å². The van der Waals surface area contributed by atoms with Crippen molar-refractivity contribution in [3.8, 4) is 22.3 Å². The average molecular weight is 784 g/mol. The van der Waals surface area contributed by atoms with Crippen LogP contribution in [0.4, 0.5) is 51.2 Å². The summed E-state index contributed by atoms with van der Waals surface area (Å²) in [6, 6.07) is 76.9. The van der Waals surface area contributed by atoms with Crippen molar-refractivity contribution in [2.45, 2.75) is 19.3 Å². The Kier molecular flexibility index (Phi) is 7.85. The first kappa shape index (κ1) is 35.2. The van der Waals surface area contributed by atoms with Crippen molar-refractivity contribution < 1.29 is 4.42 Å². The Morgan fingerprint density at radius 3 is 1.49 bits per heavy atom. The fourth-order valence-corrected chi connectivity index (χ4v) is 9.89. The fraction of sp³-hybridized carbons (Fsp3) is 0.0526. The van der Waals surface area contributed by atoms with E-state index in [0.29, 0.717) is 0 Å². The molecule has 61 heavy (non-hydrogen) atoms. The Balaban J connectivity index is 1.15. The summed E-state index contributed by atoms with van der Waals surface area (Å²) in [7, 11) is 0. The summed E-state index contributed by atoms with van der Waals surface area (Å²) in [5.41, 5.74) is 18.7. The lowest BCUT2D eigenvalue weighted by molar-refractivity contribution is 0.660. The quantitative estimate of drug-likeness (QED) is 0.168. The fourth-order valence-electron chi connectivity index (χ4n) is 9.89. The van der Waals surface area contributed by atoms with E-state index in [4.69, 9.17) is 4.42 Å². The van der Waals surface area contributed by atoms with Crippen LogP contribution in [0.25, 0.3) is 44.2 Å². The lowest BCUT2D eigenvalue weighted by Gasteiger charge is -2.32. The van der Waals surface area contributed by atoms with Crippen molar-refractivity contribution in [1.82, 2.24) is 0 Å². The predicted octanol–water partition coefficient (Wildman–Crippen LogP) is 16.3. The molecule has 1 aliphatic heterocycles. The Labute approximate surface area is 355 Å². The van der Waals surface area contributed by atoms with E-state index in [-0.39, 0.29) is 5.41 Å². The molecule has 2 bridgehead atoms. The number of rotatable bonds is 6. The SMILES string of the molecule is CC1(C)c2ccccc2-c2ccc(N(c3ccc(-c4ccccc4)cc3)c3cc4cc(c3)N(c3ccccc3)c3cccc5oc6cccc(c6c35)N4c3ccccc3)cc21. The highest BCUT2D eigenvalue weighted by atomic mass is 16.3. The Morgan fingerprint density at radius 1 is 0.377 bits per heavy atom. The van der Waals surface area contributed by atoms with E-state index >= 15 is 0 Å². The van der Waals surface area contributed by atoms with E-state index in [1.54, 1.807) is 0 Å². The maximum absolute atomic E-state index is 6.67. The van der Waals surface area contributed by atoms with Crippen LogP contribution in [0.5, 0.6) is 0 Å². The maximum Gasteiger partial charge on any atom is 0.137 e. The third kappa shape index (κ3) is 5.53. The van der Waals surface area contributed by atoms with Gasteiger partial charge in [-0.05, 0) is 124 Å². The molecule has 0 fully saturated rings. The monoisotopic (exact) mass is 783 g/mol. The van der Waals surface area contributed by atoms with Crippen molar-refractivity contribution in [2.24, 2.45) is 0 Å². The number of hydrogen-bond donors (Lipinski definition) is 0. The van der Waals surface area contributed by atoms with Gasteiger partial charge in [0.2, 0.25) is 0 Å². The molecule has 12 rings (SSSR count). The van der Waals surface area contributed by atoms with Crippen LogP contribution in [0.1, 0.15) is 25.0 Å². The number of para-hydroxylation sites is 2. The molecule has 10 aromatic rings. The molecule has 4 heteroatoms. The Hall–Kier alpha value is -7.82. The highest BCUT2D eigenvalue weighted by molar-refractivity contribution is 6.20. The van der Waals surface area contributed by atoms with Crippen LogP contribution >= 0.6 is 0 Å². The van der Waals surface area contributed by atoms with Crippen molar-refractivity contribution in [3.05, 3.63) is 223 Å². The van der Waals surface area contributed by atoms with E-state index in [0.717, 1.165) is 73.1 Å². The predicted molar refractivity (Wildman–Crippen MR) is 254 cm³/mol. The van der Waals surface area contributed by atoms with E-state index in [1.165, 1.54) is 33.4 Å². The van der Waals surface area contributed by atoms with Crippen molar-refractivity contribution in [2.75, 3.05) is 14.7 Å². The van der Waals surface area contributed by atoms with Crippen LogP contribution < -0.4 is 14.7 Å². The minimum Gasteiger partial charge on any atom is -0.456 e. The summed E-state index contributed by atoms with van der Waals surface area (Å²) < 4.78 is 6.67. The smallest absolute Gasteiger partial charge is 0.137 e. The largest absolute Gasteiger partial charge is 0.456 e. The number of nitrogens with zero attached hydrogens (tertiary/aromatic N) is 3. The standard InChI is InChI=1S/C57H41N3O/c1-57(2)49-23-13-12-22-47(49)48-33-32-43(37-50(48)57)58(42-30-28-39(29-31-42)38-16-6-3-7-17-38)44-34-45-36-46(35-44)60(41-20-10-5-11-21-41)52-25-15-27-54-56(52)55-51(24-14-26-53(55)61-54)59(45)40-18-8-4-9-19-40/h3-37H,1-2H3. The van der Waals surface area contributed by atoms with Crippen LogP contribution in [0.3, 0.4) is 0 Å². The van der Waals surface area contributed by atoms with E-state index in [9.17, 15) is 0 Å². The molecule has 290 valence electrons. The second-order valence-electron chi connectivity index (χ2n) is 16.6. The number of hydrogen-bond acceptors (Lipinski definition) is 4. The summed E-state index contributed by atoms with van der Waals surface area (Å²) in [6.07, 6.45) is 0. The van der Waals surface area contributed by atoms with Gasteiger partial charge in [-0.25, -0.2) is 0 Å². The molecule has 0 radical (unpaired) electrons. The third-order valence-corrected chi connectivity index (χ3v) is 12.7. The van der Waals surface area contributed by atoms with Crippen LogP contribution in [-0.4, -0.2) is 0 Å². The van der Waals surface area contributed by atoms with Gasteiger partial charge < -0.3 is 19.1 Å². The third-order valence-electron chi connectivity index (χ3n) is 12.7. The molecule has 0 saturated heterocycles. The summed E-state index contributed by atoms with van der Waals surface area (Å²) in [5, 5.41) is 2.16. The van der Waals surface area contributed by atoms with Gasteiger partial charge in [-0.2, -0.15) is 0 Å². The Bertz CT molecular complexity index is 3160. The van der Waals surface area contributed by atoms with Gasteiger partial charge in [0.15, 0.2) is 0 Å². The summed E-state index contributed by atoms with van der Waals surface area (Å²) in [5.74, 6) is 0. The van der Waals surface area contributed by atoms with Crippen LogP contribution in [0.2, 0.25) is 0 Å². The van der Waals surface area contributed by atoms with Crippen LogP contribution in [-0.2, 0) is 5.41 Å². The van der Waals surface area contributed by atoms with Gasteiger partial charge in [0.25, 0.3) is 0 Å². The molecule has 2 heterocycles. The topological polar surface area (TPSA) is 22.9 Å². The lowest BCUT2D eigenvalue weighted by Crippen LogP contribution is -2.17. The molecule has 0 N–H and O–H groups in total. The molecule has 0 amide bonds. The molecular weight excluding hydrogens is 743 g/mol. The second-order valence-corrected chi connectivity index (χ2v) is 16.6. The van der Waals surface area contributed by atoms with Gasteiger partial charge in [0.05, 0.1) is 39.2 Å². The van der Waals surface area contributed by atoms with Crippen LogP contribution in [0, 0.1) is 0 Å². The van der Waals surface area contributed by atoms with Gasteiger partial charge in [0, 0.05) is 28.2 Å². The van der Waals surface area contributed by atoms with Crippen molar-refractivity contribution in [1.29, 1.82) is 0 Å². The maximum atomic E-state index is 6.67.